The highest BCUT2D eigenvalue weighted by atomic mass is 15.2. The minimum absolute atomic E-state index is 0.150. The van der Waals surface area contributed by atoms with E-state index in [2.05, 4.69) is 28.7 Å². The zero-order chi connectivity index (χ0) is 11.8. The lowest BCUT2D eigenvalue weighted by atomic mass is 9.80. The van der Waals surface area contributed by atoms with Gasteiger partial charge in [0.1, 0.15) is 12.1 Å². The summed E-state index contributed by atoms with van der Waals surface area (Å²) in [4.78, 5) is 10.8. The Balaban J connectivity index is 2.18. The summed E-state index contributed by atoms with van der Waals surface area (Å²) in [6.45, 7) is 8.38. The lowest BCUT2D eigenvalue weighted by molar-refractivity contribution is 0.244. The third-order valence-corrected chi connectivity index (χ3v) is 3.43. The largest absolute Gasteiger partial charge is 0.356 e. The van der Waals surface area contributed by atoms with Crippen LogP contribution in [-0.2, 0) is 0 Å². The Labute approximate surface area is 96.9 Å². The molecule has 88 valence electrons. The van der Waals surface area contributed by atoms with E-state index in [9.17, 15) is 0 Å². The molecule has 2 heterocycles. The fourth-order valence-electron chi connectivity index (χ4n) is 2.18. The number of aromatic nitrogens is 2. The molecule has 2 N–H and O–H groups in total. The van der Waals surface area contributed by atoms with Gasteiger partial charge in [-0.3, -0.25) is 0 Å². The zero-order valence-corrected chi connectivity index (χ0v) is 10.3. The fraction of sp³-hybridized carbons (Fsp3) is 0.667. The van der Waals surface area contributed by atoms with E-state index in [0.29, 0.717) is 0 Å². The molecular weight excluding hydrogens is 200 g/mol. The van der Waals surface area contributed by atoms with Gasteiger partial charge in [-0.25, -0.2) is 9.97 Å². The van der Waals surface area contributed by atoms with Crippen LogP contribution in [0.25, 0.3) is 0 Å². The average Bonchev–Trinajstić information content (AvgIpc) is 2.22. The van der Waals surface area contributed by atoms with Crippen molar-refractivity contribution in [2.75, 3.05) is 18.0 Å². The molecule has 1 atom stereocenters. The Morgan fingerprint density at radius 2 is 2.19 bits per heavy atom. The van der Waals surface area contributed by atoms with Crippen molar-refractivity contribution in [3.05, 3.63) is 18.1 Å². The van der Waals surface area contributed by atoms with Crippen LogP contribution < -0.4 is 10.6 Å². The number of hydrogen-bond donors (Lipinski definition) is 1. The van der Waals surface area contributed by atoms with Crippen LogP contribution >= 0.6 is 0 Å². The van der Waals surface area contributed by atoms with Crippen molar-refractivity contribution >= 4 is 5.82 Å². The highest BCUT2D eigenvalue weighted by molar-refractivity contribution is 5.39. The molecule has 1 unspecified atom stereocenters. The normalized spacial score (nSPS) is 24.5. The van der Waals surface area contributed by atoms with Gasteiger partial charge >= 0.3 is 0 Å². The highest BCUT2D eigenvalue weighted by Gasteiger charge is 2.33. The standard InChI is InChI=1S/C12H20N4/c1-9-6-11(15-8-14-9)16-5-4-10(13)12(2,3)7-16/h6,8,10H,4-5,7,13H2,1-3H3. The summed E-state index contributed by atoms with van der Waals surface area (Å²) >= 11 is 0. The Morgan fingerprint density at radius 1 is 1.44 bits per heavy atom. The zero-order valence-electron chi connectivity index (χ0n) is 10.3. The lowest BCUT2D eigenvalue weighted by Crippen LogP contribution is -2.52. The second kappa shape index (κ2) is 4.01. The first-order chi connectivity index (χ1) is 7.49. The van der Waals surface area contributed by atoms with Gasteiger partial charge in [-0.1, -0.05) is 13.8 Å². The summed E-state index contributed by atoms with van der Waals surface area (Å²) in [5, 5.41) is 0. The first-order valence-electron chi connectivity index (χ1n) is 5.78. The highest BCUT2D eigenvalue weighted by Crippen LogP contribution is 2.29. The van der Waals surface area contributed by atoms with Crippen molar-refractivity contribution in [1.82, 2.24) is 9.97 Å². The Bertz CT molecular complexity index is 375. The third kappa shape index (κ3) is 2.16. The summed E-state index contributed by atoms with van der Waals surface area (Å²) in [5.74, 6) is 1.02. The maximum atomic E-state index is 6.12. The van der Waals surface area contributed by atoms with Gasteiger partial charge in [0.05, 0.1) is 0 Å². The molecule has 1 aliphatic rings. The van der Waals surface area contributed by atoms with Crippen molar-refractivity contribution < 1.29 is 0 Å². The molecule has 16 heavy (non-hydrogen) atoms. The number of aryl methyl sites for hydroxylation is 1. The Kier molecular flexibility index (Phi) is 2.84. The van der Waals surface area contributed by atoms with E-state index in [1.165, 1.54) is 0 Å². The second-order valence-electron chi connectivity index (χ2n) is 5.32. The van der Waals surface area contributed by atoms with Crippen molar-refractivity contribution in [1.29, 1.82) is 0 Å². The molecule has 0 amide bonds. The fourth-order valence-corrected chi connectivity index (χ4v) is 2.18. The molecule has 0 aromatic carbocycles. The van der Waals surface area contributed by atoms with E-state index in [-0.39, 0.29) is 11.5 Å². The van der Waals surface area contributed by atoms with E-state index >= 15 is 0 Å². The molecule has 4 nitrogen and oxygen atoms in total. The molecule has 0 spiro atoms. The number of nitrogens with zero attached hydrogens (tertiary/aromatic N) is 3. The quantitative estimate of drug-likeness (QED) is 0.776. The molecule has 1 aliphatic heterocycles. The van der Waals surface area contributed by atoms with Crippen LogP contribution in [0, 0.1) is 12.3 Å². The Morgan fingerprint density at radius 3 is 2.81 bits per heavy atom. The monoisotopic (exact) mass is 220 g/mol. The molecule has 0 aliphatic carbocycles. The van der Waals surface area contributed by atoms with Gasteiger partial charge in [-0.15, -0.1) is 0 Å². The predicted molar refractivity (Wildman–Crippen MR) is 65.4 cm³/mol. The summed E-state index contributed by atoms with van der Waals surface area (Å²) in [6.07, 6.45) is 2.66. The number of anilines is 1. The van der Waals surface area contributed by atoms with E-state index in [1.807, 2.05) is 13.0 Å². The summed E-state index contributed by atoms with van der Waals surface area (Å²) in [7, 11) is 0. The van der Waals surface area contributed by atoms with Crippen LogP contribution in [0.3, 0.4) is 0 Å². The molecule has 0 bridgehead atoms. The van der Waals surface area contributed by atoms with Crippen molar-refractivity contribution in [3.8, 4) is 0 Å². The smallest absolute Gasteiger partial charge is 0.132 e. The van der Waals surface area contributed by atoms with Gasteiger partial charge < -0.3 is 10.6 Å². The summed E-state index contributed by atoms with van der Waals surface area (Å²) < 4.78 is 0. The minimum Gasteiger partial charge on any atom is -0.356 e. The lowest BCUT2D eigenvalue weighted by Gasteiger charge is -2.43. The molecule has 2 rings (SSSR count). The van der Waals surface area contributed by atoms with E-state index in [4.69, 9.17) is 5.73 Å². The number of nitrogens with two attached hydrogens (primary N) is 1. The van der Waals surface area contributed by atoms with Gasteiger partial charge in [0.2, 0.25) is 0 Å². The molecule has 1 aromatic rings. The average molecular weight is 220 g/mol. The molecule has 4 heteroatoms. The number of piperidine rings is 1. The van der Waals surface area contributed by atoms with Crippen LogP contribution in [0.5, 0.6) is 0 Å². The topological polar surface area (TPSA) is 55.0 Å². The first-order valence-corrected chi connectivity index (χ1v) is 5.78. The van der Waals surface area contributed by atoms with Gasteiger partial charge in [0.25, 0.3) is 0 Å². The molecular formula is C12H20N4. The summed E-state index contributed by atoms with van der Waals surface area (Å²) in [6, 6.07) is 2.32. The molecule has 1 aromatic heterocycles. The molecule has 0 saturated carbocycles. The molecule has 1 saturated heterocycles. The van der Waals surface area contributed by atoms with E-state index in [0.717, 1.165) is 31.0 Å². The maximum absolute atomic E-state index is 6.12. The minimum atomic E-state index is 0.150. The van der Waals surface area contributed by atoms with Gasteiger partial charge in [-0.2, -0.15) is 0 Å². The molecule has 1 fully saturated rings. The predicted octanol–water partition coefficient (Wildman–Crippen LogP) is 1.35. The van der Waals surface area contributed by atoms with Crippen LogP contribution in [0.2, 0.25) is 0 Å². The summed E-state index contributed by atoms with van der Waals surface area (Å²) in [5.41, 5.74) is 7.28. The third-order valence-electron chi connectivity index (χ3n) is 3.43. The van der Waals surface area contributed by atoms with Crippen LogP contribution in [0.15, 0.2) is 12.4 Å². The van der Waals surface area contributed by atoms with Crippen molar-refractivity contribution in [2.45, 2.75) is 33.2 Å². The SMILES string of the molecule is Cc1cc(N2CCC(N)C(C)(C)C2)ncn1. The van der Waals surface area contributed by atoms with E-state index in [1.54, 1.807) is 6.33 Å². The van der Waals surface area contributed by atoms with Gasteiger partial charge in [-0.05, 0) is 18.8 Å². The van der Waals surface area contributed by atoms with Crippen LogP contribution in [0.4, 0.5) is 5.82 Å². The van der Waals surface area contributed by atoms with Crippen molar-refractivity contribution in [3.63, 3.8) is 0 Å². The molecule has 0 radical (unpaired) electrons. The van der Waals surface area contributed by atoms with Gasteiger partial charge in [0.15, 0.2) is 0 Å². The van der Waals surface area contributed by atoms with E-state index < -0.39 is 0 Å². The maximum Gasteiger partial charge on any atom is 0.132 e. The number of rotatable bonds is 1. The first kappa shape index (κ1) is 11.3. The number of hydrogen-bond acceptors (Lipinski definition) is 4. The van der Waals surface area contributed by atoms with Crippen LogP contribution in [-0.4, -0.2) is 29.1 Å². The van der Waals surface area contributed by atoms with Crippen molar-refractivity contribution in [2.24, 2.45) is 11.1 Å². The Hall–Kier alpha value is -1.16. The van der Waals surface area contributed by atoms with Gasteiger partial charge in [0, 0.05) is 30.9 Å². The second-order valence-corrected chi connectivity index (χ2v) is 5.32. The van der Waals surface area contributed by atoms with Crippen LogP contribution in [0.1, 0.15) is 26.0 Å².